The molecule has 1 rings (SSSR count). The summed E-state index contributed by atoms with van der Waals surface area (Å²) in [5.41, 5.74) is 6.44. The van der Waals surface area contributed by atoms with Crippen LogP contribution in [-0.4, -0.2) is 24.2 Å². The second kappa shape index (κ2) is 7.62. The summed E-state index contributed by atoms with van der Waals surface area (Å²) >= 11 is 6.13. The van der Waals surface area contributed by atoms with Crippen molar-refractivity contribution < 1.29 is 9.90 Å². The second-order valence-electron chi connectivity index (χ2n) is 5.14. The maximum atomic E-state index is 11.0. The molecule has 20 heavy (non-hydrogen) atoms. The van der Waals surface area contributed by atoms with E-state index < -0.39 is 5.91 Å². The van der Waals surface area contributed by atoms with Gasteiger partial charge in [0.15, 0.2) is 0 Å². The van der Waals surface area contributed by atoms with Gasteiger partial charge in [0.05, 0.1) is 0 Å². The van der Waals surface area contributed by atoms with Crippen molar-refractivity contribution in [2.45, 2.75) is 33.2 Å². The molecule has 1 aromatic carbocycles. The van der Waals surface area contributed by atoms with Crippen LogP contribution in [0.15, 0.2) is 18.2 Å². The van der Waals surface area contributed by atoms with Crippen molar-refractivity contribution in [1.29, 1.82) is 0 Å². The summed E-state index contributed by atoms with van der Waals surface area (Å²) in [7, 11) is 0. The molecule has 0 bridgehead atoms. The first-order chi connectivity index (χ1) is 9.48. The van der Waals surface area contributed by atoms with Gasteiger partial charge < -0.3 is 16.2 Å². The van der Waals surface area contributed by atoms with Crippen LogP contribution in [0.1, 0.15) is 42.6 Å². The minimum atomic E-state index is -0.484. The van der Waals surface area contributed by atoms with Gasteiger partial charge in [0, 0.05) is 35.7 Å². The van der Waals surface area contributed by atoms with Crippen LogP contribution in [0.3, 0.4) is 0 Å². The van der Waals surface area contributed by atoms with Gasteiger partial charge in [0.2, 0.25) is 5.91 Å². The van der Waals surface area contributed by atoms with Gasteiger partial charge in [-0.25, -0.2) is 0 Å². The average molecular weight is 299 g/mol. The first-order valence-corrected chi connectivity index (χ1v) is 7.25. The van der Waals surface area contributed by atoms with E-state index >= 15 is 0 Å². The molecule has 0 radical (unpaired) electrons. The summed E-state index contributed by atoms with van der Waals surface area (Å²) in [6, 6.07) is 5.05. The third kappa shape index (κ3) is 4.20. The van der Waals surface area contributed by atoms with E-state index in [1.165, 1.54) is 0 Å². The molecule has 1 aromatic rings. The fourth-order valence-electron chi connectivity index (χ4n) is 2.09. The fourth-order valence-corrected chi connectivity index (χ4v) is 2.33. The predicted molar refractivity (Wildman–Crippen MR) is 81.8 cm³/mol. The van der Waals surface area contributed by atoms with Gasteiger partial charge >= 0.3 is 0 Å². The SMILES string of the molecule is CCC(CC)(CO)CNCc1ccc(C(N)=O)cc1Cl. The number of aliphatic hydroxyl groups excluding tert-OH is 1. The topological polar surface area (TPSA) is 75.3 Å². The molecular weight excluding hydrogens is 276 g/mol. The lowest BCUT2D eigenvalue weighted by Gasteiger charge is -2.29. The maximum absolute atomic E-state index is 11.0. The normalized spacial score (nSPS) is 11.6. The Balaban J connectivity index is 2.64. The maximum Gasteiger partial charge on any atom is 0.248 e. The van der Waals surface area contributed by atoms with E-state index in [1.54, 1.807) is 18.2 Å². The van der Waals surface area contributed by atoms with Crippen molar-refractivity contribution in [1.82, 2.24) is 5.32 Å². The molecule has 0 aliphatic carbocycles. The van der Waals surface area contributed by atoms with Crippen LogP contribution in [0.5, 0.6) is 0 Å². The molecule has 0 aromatic heterocycles. The van der Waals surface area contributed by atoms with Crippen molar-refractivity contribution >= 4 is 17.5 Å². The van der Waals surface area contributed by atoms with Gasteiger partial charge in [0.25, 0.3) is 0 Å². The average Bonchev–Trinajstić information content (AvgIpc) is 2.45. The fraction of sp³-hybridized carbons (Fsp3) is 0.533. The molecule has 4 nitrogen and oxygen atoms in total. The molecule has 0 aliphatic rings. The van der Waals surface area contributed by atoms with Crippen molar-refractivity contribution in [3.8, 4) is 0 Å². The standard InChI is InChI=1S/C15H23ClN2O2/c1-3-15(4-2,10-19)9-18-8-12-6-5-11(14(17)20)7-13(12)16/h5-7,18-19H,3-4,8-10H2,1-2H3,(H2,17,20). The third-order valence-electron chi connectivity index (χ3n) is 3.99. The number of benzene rings is 1. The molecule has 112 valence electrons. The van der Waals surface area contributed by atoms with Gasteiger partial charge in [-0.2, -0.15) is 0 Å². The van der Waals surface area contributed by atoms with Gasteiger partial charge in [-0.1, -0.05) is 31.5 Å². The van der Waals surface area contributed by atoms with E-state index in [-0.39, 0.29) is 12.0 Å². The molecular formula is C15H23ClN2O2. The van der Waals surface area contributed by atoms with E-state index in [2.05, 4.69) is 19.2 Å². The van der Waals surface area contributed by atoms with Crippen LogP contribution in [0.25, 0.3) is 0 Å². The minimum Gasteiger partial charge on any atom is -0.396 e. The lowest BCUT2D eigenvalue weighted by Crippen LogP contribution is -2.36. The number of carbonyl (C=O) groups excluding carboxylic acids is 1. The number of hydrogen-bond donors (Lipinski definition) is 3. The van der Waals surface area contributed by atoms with Crippen LogP contribution in [0.2, 0.25) is 5.02 Å². The molecule has 1 amide bonds. The zero-order chi connectivity index (χ0) is 15.2. The Hall–Kier alpha value is -1.10. The quantitative estimate of drug-likeness (QED) is 0.689. The van der Waals surface area contributed by atoms with Crippen LogP contribution in [0, 0.1) is 5.41 Å². The third-order valence-corrected chi connectivity index (χ3v) is 4.34. The molecule has 0 saturated heterocycles. The number of rotatable bonds is 8. The van der Waals surface area contributed by atoms with Gasteiger partial charge in [0.1, 0.15) is 0 Å². The summed E-state index contributed by atoms with van der Waals surface area (Å²) in [6.07, 6.45) is 1.84. The summed E-state index contributed by atoms with van der Waals surface area (Å²) in [4.78, 5) is 11.0. The number of halogens is 1. The van der Waals surface area contributed by atoms with E-state index in [0.29, 0.717) is 17.1 Å². The monoisotopic (exact) mass is 298 g/mol. The van der Waals surface area contributed by atoms with Crippen molar-refractivity contribution in [3.63, 3.8) is 0 Å². The molecule has 4 N–H and O–H groups in total. The minimum absolute atomic E-state index is 0.0837. The molecule has 0 spiro atoms. The van der Waals surface area contributed by atoms with Crippen molar-refractivity contribution in [2.75, 3.05) is 13.2 Å². The highest BCUT2D eigenvalue weighted by Crippen LogP contribution is 2.25. The highest BCUT2D eigenvalue weighted by molar-refractivity contribution is 6.31. The molecule has 0 unspecified atom stereocenters. The van der Waals surface area contributed by atoms with E-state index in [9.17, 15) is 9.90 Å². The zero-order valence-corrected chi connectivity index (χ0v) is 12.8. The molecule has 0 aliphatic heterocycles. The molecule has 0 saturated carbocycles. The number of nitrogens with one attached hydrogen (secondary N) is 1. The zero-order valence-electron chi connectivity index (χ0n) is 12.1. The Bertz CT molecular complexity index is 451. The van der Waals surface area contributed by atoms with Crippen LogP contribution in [-0.2, 0) is 6.54 Å². The Kier molecular flexibility index (Phi) is 6.46. The molecule has 0 fully saturated rings. The largest absolute Gasteiger partial charge is 0.396 e. The number of amides is 1. The van der Waals surface area contributed by atoms with Crippen molar-refractivity contribution in [3.05, 3.63) is 34.3 Å². The lowest BCUT2D eigenvalue weighted by atomic mass is 9.83. The number of nitrogens with two attached hydrogens (primary N) is 1. The summed E-state index contributed by atoms with van der Waals surface area (Å²) in [5, 5.41) is 13.4. The van der Waals surface area contributed by atoms with Crippen LogP contribution >= 0.6 is 11.6 Å². The summed E-state index contributed by atoms with van der Waals surface area (Å²) < 4.78 is 0. The Labute approximate surface area is 125 Å². The first-order valence-electron chi connectivity index (χ1n) is 6.88. The summed E-state index contributed by atoms with van der Waals surface area (Å²) in [6.45, 7) is 5.65. The Morgan fingerprint density at radius 2 is 2.05 bits per heavy atom. The number of aliphatic hydroxyl groups is 1. The van der Waals surface area contributed by atoms with Gasteiger partial charge in [-0.05, 0) is 30.5 Å². The predicted octanol–water partition coefficient (Wildman–Crippen LogP) is 2.33. The molecule has 5 heteroatoms. The van der Waals surface area contributed by atoms with Crippen LogP contribution in [0.4, 0.5) is 0 Å². The number of carbonyl (C=O) groups is 1. The smallest absolute Gasteiger partial charge is 0.248 e. The Morgan fingerprint density at radius 3 is 2.50 bits per heavy atom. The van der Waals surface area contributed by atoms with E-state index in [0.717, 1.165) is 24.9 Å². The van der Waals surface area contributed by atoms with Gasteiger partial charge in [-0.15, -0.1) is 0 Å². The number of primary amides is 1. The highest BCUT2D eigenvalue weighted by Gasteiger charge is 2.24. The molecule has 0 atom stereocenters. The van der Waals surface area contributed by atoms with Crippen molar-refractivity contribution in [2.24, 2.45) is 11.1 Å². The first kappa shape index (κ1) is 17.0. The molecule has 0 heterocycles. The van der Waals surface area contributed by atoms with E-state index in [4.69, 9.17) is 17.3 Å². The Morgan fingerprint density at radius 1 is 1.40 bits per heavy atom. The van der Waals surface area contributed by atoms with E-state index in [1.807, 2.05) is 0 Å². The second-order valence-corrected chi connectivity index (χ2v) is 5.55. The number of hydrogen-bond acceptors (Lipinski definition) is 3. The summed E-state index contributed by atoms with van der Waals surface area (Å²) in [5.74, 6) is -0.484. The highest BCUT2D eigenvalue weighted by atomic mass is 35.5. The lowest BCUT2D eigenvalue weighted by molar-refractivity contribution is 0.1000. The van der Waals surface area contributed by atoms with Crippen LogP contribution < -0.4 is 11.1 Å². The van der Waals surface area contributed by atoms with Gasteiger partial charge in [-0.3, -0.25) is 4.79 Å².